The zero-order chi connectivity index (χ0) is 13.6. The fourth-order valence-corrected chi connectivity index (χ4v) is 5.11. The van der Waals surface area contributed by atoms with Crippen LogP contribution in [0.15, 0.2) is 12.7 Å². The van der Waals surface area contributed by atoms with Crippen molar-refractivity contribution >= 4 is 5.97 Å². The van der Waals surface area contributed by atoms with Gasteiger partial charge in [0.05, 0.1) is 23.5 Å². The highest BCUT2D eigenvalue weighted by molar-refractivity contribution is 5.79. The molecule has 0 aromatic rings. The molecule has 104 valence electrons. The number of rotatable bonds is 1. The van der Waals surface area contributed by atoms with E-state index in [4.69, 9.17) is 9.47 Å². The van der Waals surface area contributed by atoms with Crippen molar-refractivity contribution in [2.75, 3.05) is 6.61 Å². The Hall–Kier alpha value is -0.910. The van der Waals surface area contributed by atoms with E-state index >= 15 is 0 Å². The molecule has 2 heterocycles. The maximum Gasteiger partial charge on any atom is 0.313 e. The van der Waals surface area contributed by atoms with Gasteiger partial charge in [-0.05, 0) is 18.8 Å². The molecule has 0 aromatic heterocycles. The van der Waals surface area contributed by atoms with Crippen molar-refractivity contribution in [1.29, 1.82) is 0 Å². The second-order valence-electron chi connectivity index (χ2n) is 6.52. The first kappa shape index (κ1) is 11.9. The molecule has 0 aromatic carbocycles. The molecule has 2 bridgehead atoms. The lowest BCUT2D eigenvalue weighted by atomic mass is 9.53. The van der Waals surface area contributed by atoms with E-state index < -0.39 is 40.7 Å². The number of hydrogen-bond donors (Lipinski definition) is 2. The van der Waals surface area contributed by atoms with Crippen LogP contribution in [0.3, 0.4) is 0 Å². The van der Waals surface area contributed by atoms with Crippen molar-refractivity contribution in [3.05, 3.63) is 12.7 Å². The van der Waals surface area contributed by atoms with E-state index in [9.17, 15) is 15.0 Å². The maximum absolute atomic E-state index is 12.1. The summed E-state index contributed by atoms with van der Waals surface area (Å²) in [4.78, 5) is 12.1. The van der Waals surface area contributed by atoms with E-state index in [1.54, 1.807) is 6.08 Å². The molecule has 2 saturated carbocycles. The number of aliphatic hydroxyl groups is 2. The molecule has 2 saturated heterocycles. The SMILES string of the molecule is C=CC1C2C(=O)OC1C1(O)OCC3CCC2(O)C31C. The lowest BCUT2D eigenvalue weighted by Crippen LogP contribution is -2.70. The molecule has 4 fully saturated rings. The molecule has 4 aliphatic rings. The Morgan fingerprint density at radius 1 is 1.47 bits per heavy atom. The summed E-state index contributed by atoms with van der Waals surface area (Å²) < 4.78 is 11.0. The van der Waals surface area contributed by atoms with Gasteiger partial charge >= 0.3 is 5.97 Å². The molecule has 4 rings (SSSR count). The average Bonchev–Trinajstić information content (AvgIpc) is 2.93. The molecular weight excluding hydrogens is 248 g/mol. The highest BCUT2D eigenvalue weighted by atomic mass is 16.7. The van der Waals surface area contributed by atoms with Crippen LogP contribution in [0.2, 0.25) is 0 Å². The van der Waals surface area contributed by atoms with Crippen LogP contribution in [-0.4, -0.2) is 40.3 Å². The molecule has 7 unspecified atom stereocenters. The predicted octanol–water partition coefficient (Wildman–Crippen LogP) is 0.210. The lowest BCUT2D eigenvalue weighted by molar-refractivity contribution is -0.326. The number of carbonyl (C=O) groups is 1. The minimum Gasteiger partial charge on any atom is -0.456 e. The molecule has 5 heteroatoms. The highest BCUT2D eigenvalue weighted by Crippen LogP contribution is 2.70. The fourth-order valence-electron chi connectivity index (χ4n) is 5.11. The van der Waals surface area contributed by atoms with Gasteiger partial charge in [0.25, 0.3) is 0 Å². The monoisotopic (exact) mass is 266 g/mol. The van der Waals surface area contributed by atoms with Crippen molar-refractivity contribution in [3.63, 3.8) is 0 Å². The Labute approximate surface area is 111 Å². The fraction of sp³-hybridized carbons (Fsp3) is 0.786. The average molecular weight is 266 g/mol. The van der Waals surface area contributed by atoms with Gasteiger partial charge in [-0.15, -0.1) is 6.58 Å². The summed E-state index contributed by atoms with van der Waals surface area (Å²) in [6.07, 6.45) is 2.10. The van der Waals surface area contributed by atoms with Gasteiger partial charge in [0.2, 0.25) is 5.79 Å². The van der Waals surface area contributed by atoms with E-state index in [2.05, 4.69) is 6.58 Å². The summed E-state index contributed by atoms with van der Waals surface area (Å²) in [7, 11) is 0. The van der Waals surface area contributed by atoms with Gasteiger partial charge in [-0.25, -0.2) is 0 Å². The smallest absolute Gasteiger partial charge is 0.313 e. The summed E-state index contributed by atoms with van der Waals surface area (Å²) in [6.45, 7) is 5.97. The minimum atomic E-state index is -1.61. The molecule has 19 heavy (non-hydrogen) atoms. The van der Waals surface area contributed by atoms with Crippen LogP contribution in [-0.2, 0) is 14.3 Å². The maximum atomic E-state index is 12.1. The van der Waals surface area contributed by atoms with Gasteiger partial charge < -0.3 is 19.7 Å². The highest BCUT2D eigenvalue weighted by Gasteiger charge is 2.83. The third kappa shape index (κ3) is 0.919. The van der Waals surface area contributed by atoms with E-state index in [0.29, 0.717) is 13.0 Å². The van der Waals surface area contributed by atoms with E-state index in [0.717, 1.165) is 6.42 Å². The number of carbonyl (C=O) groups excluding carboxylic acids is 1. The first-order valence-corrected chi connectivity index (χ1v) is 6.82. The van der Waals surface area contributed by atoms with Crippen molar-refractivity contribution in [1.82, 2.24) is 0 Å². The summed E-state index contributed by atoms with van der Waals surface area (Å²) in [5, 5.41) is 22.2. The van der Waals surface area contributed by atoms with Crippen molar-refractivity contribution < 1.29 is 24.5 Å². The van der Waals surface area contributed by atoms with Crippen LogP contribution in [0.5, 0.6) is 0 Å². The second kappa shape index (κ2) is 3.05. The van der Waals surface area contributed by atoms with Crippen LogP contribution < -0.4 is 0 Å². The van der Waals surface area contributed by atoms with Crippen molar-refractivity contribution in [3.8, 4) is 0 Å². The standard InChI is InChI=1S/C14H18O5/c1-3-8-9-11(15)19-10(8)14(17)12(2)7(6-18-14)4-5-13(9,12)16/h3,7-10,16-17H,1,4-6H2,2H3. The minimum absolute atomic E-state index is 0.0627. The van der Waals surface area contributed by atoms with Gasteiger partial charge in [0.15, 0.2) is 6.10 Å². The number of ether oxygens (including phenoxy) is 2. The first-order valence-electron chi connectivity index (χ1n) is 6.82. The zero-order valence-corrected chi connectivity index (χ0v) is 10.8. The molecule has 2 aliphatic heterocycles. The zero-order valence-electron chi connectivity index (χ0n) is 10.8. The Bertz CT molecular complexity index is 490. The molecular formula is C14H18O5. The van der Waals surface area contributed by atoms with Crippen LogP contribution in [0, 0.1) is 23.2 Å². The van der Waals surface area contributed by atoms with Gasteiger partial charge in [0, 0.05) is 5.92 Å². The topological polar surface area (TPSA) is 76.0 Å². The summed E-state index contributed by atoms with van der Waals surface area (Å²) in [6, 6.07) is 0. The van der Waals surface area contributed by atoms with Crippen LogP contribution in [0.1, 0.15) is 19.8 Å². The van der Waals surface area contributed by atoms with Crippen LogP contribution >= 0.6 is 0 Å². The van der Waals surface area contributed by atoms with Crippen molar-refractivity contribution in [2.24, 2.45) is 23.2 Å². The van der Waals surface area contributed by atoms with Crippen LogP contribution in [0.25, 0.3) is 0 Å². The second-order valence-corrected chi connectivity index (χ2v) is 6.52. The Kier molecular flexibility index (Phi) is 1.91. The number of fused-ring (bicyclic) bond motifs is 4. The summed E-state index contributed by atoms with van der Waals surface area (Å²) in [5.41, 5.74) is -2.12. The van der Waals surface area contributed by atoms with E-state index in [-0.39, 0.29) is 5.92 Å². The molecule has 0 spiro atoms. The van der Waals surface area contributed by atoms with Crippen LogP contribution in [0.4, 0.5) is 0 Å². The van der Waals surface area contributed by atoms with Gasteiger partial charge in [-0.3, -0.25) is 4.79 Å². The molecule has 5 nitrogen and oxygen atoms in total. The third-order valence-electron chi connectivity index (χ3n) is 6.24. The normalized spacial score (nSPS) is 61.9. The summed E-state index contributed by atoms with van der Waals surface area (Å²) >= 11 is 0. The predicted molar refractivity (Wildman–Crippen MR) is 63.7 cm³/mol. The third-order valence-corrected chi connectivity index (χ3v) is 6.24. The Morgan fingerprint density at radius 3 is 2.89 bits per heavy atom. The van der Waals surface area contributed by atoms with E-state index in [1.807, 2.05) is 6.92 Å². The largest absolute Gasteiger partial charge is 0.456 e. The van der Waals surface area contributed by atoms with Crippen molar-refractivity contribution in [2.45, 2.75) is 37.3 Å². The molecule has 0 amide bonds. The quantitative estimate of drug-likeness (QED) is 0.524. The molecule has 7 atom stereocenters. The molecule has 2 N–H and O–H groups in total. The van der Waals surface area contributed by atoms with Gasteiger partial charge in [-0.1, -0.05) is 13.0 Å². The molecule has 2 aliphatic carbocycles. The Balaban J connectivity index is 1.99. The first-order chi connectivity index (χ1) is 8.90. The van der Waals surface area contributed by atoms with Gasteiger partial charge in [-0.2, -0.15) is 0 Å². The molecule has 0 radical (unpaired) electrons. The van der Waals surface area contributed by atoms with Gasteiger partial charge in [0.1, 0.15) is 0 Å². The number of esters is 1. The Morgan fingerprint density at radius 2 is 2.21 bits per heavy atom. The summed E-state index contributed by atoms with van der Waals surface area (Å²) in [5.74, 6) is -3.01. The number of hydrogen-bond acceptors (Lipinski definition) is 5. The lowest BCUT2D eigenvalue weighted by Gasteiger charge is -2.54. The van der Waals surface area contributed by atoms with E-state index in [1.165, 1.54) is 0 Å².